The molecule has 0 radical (unpaired) electrons. The second-order valence-electron chi connectivity index (χ2n) is 7.46. The van der Waals surface area contributed by atoms with Crippen molar-refractivity contribution < 1.29 is 4.79 Å². The molecule has 3 aromatic rings. The minimum absolute atomic E-state index is 0.0118. The first-order valence-electron chi connectivity index (χ1n) is 9.46. The molecular weight excluding hydrogens is 356 g/mol. The van der Waals surface area contributed by atoms with Gasteiger partial charge in [-0.05, 0) is 67.0 Å². The topological polar surface area (TPSA) is 42.0 Å². The van der Waals surface area contributed by atoms with E-state index in [4.69, 9.17) is 11.6 Å². The van der Waals surface area contributed by atoms with Gasteiger partial charge in [0, 0.05) is 23.5 Å². The van der Waals surface area contributed by atoms with Crippen LogP contribution in [0.5, 0.6) is 0 Å². The first-order valence-corrected chi connectivity index (χ1v) is 9.84. The summed E-state index contributed by atoms with van der Waals surface area (Å²) in [5.41, 5.74) is 3.25. The second-order valence-corrected chi connectivity index (χ2v) is 7.90. The fourth-order valence-corrected chi connectivity index (χ4v) is 4.61. The summed E-state index contributed by atoms with van der Waals surface area (Å²) in [6, 6.07) is 18.4. The van der Waals surface area contributed by atoms with Gasteiger partial charge in [0.2, 0.25) is 5.91 Å². The summed E-state index contributed by atoms with van der Waals surface area (Å²) in [5, 5.41) is 5.20. The summed E-state index contributed by atoms with van der Waals surface area (Å²) in [6.45, 7) is 1.60. The molecule has 3 nitrogen and oxygen atoms in total. The summed E-state index contributed by atoms with van der Waals surface area (Å²) < 4.78 is 0. The van der Waals surface area contributed by atoms with Crippen LogP contribution in [0, 0.1) is 0 Å². The zero-order valence-electron chi connectivity index (χ0n) is 15.4. The van der Waals surface area contributed by atoms with Crippen molar-refractivity contribution in [1.29, 1.82) is 0 Å². The molecule has 1 amide bonds. The van der Waals surface area contributed by atoms with Crippen LogP contribution in [0.25, 0.3) is 10.9 Å². The van der Waals surface area contributed by atoms with Gasteiger partial charge in [-0.3, -0.25) is 9.78 Å². The lowest BCUT2D eigenvalue weighted by Crippen LogP contribution is -2.47. The summed E-state index contributed by atoms with van der Waals surface area (Å²) >= 11 is 6.07. The van der Waals surface area contributed by atoms with E-state index in [1.54, 1.807) is 6.92 Å². The van der Waals surface area contributed by atoms with Gasteiger partial charge in [-0.2, -0.15) is 0 Å². The average molecular weight is 379 g/mol. The van der Waals surface area contributed by atoms with Gasteiger partial charge in [-0.25, -0.2) is 0 Å². The molecule has 0 spiro atoms. The highest BCUT2D eigenvalue weighted by atomic mass is 35.5. The number of aromatic nitrogens is 1. The Bertz CT molecular complexity index is 954. The molecule has 0 unspecified atom stereocenters. The van der Waals surface area contributed by atoms with Gasteiger partial charge in [-0.15, -0.1) is 0 Å². The third-order valence-corrected chi connectivity index (χ3v) is 6.03. The number of hydrogen-bond acceptors (Lipinski definition) is 2. The largest absolute Gasteiger partial charge is 0.347 e. The second kappa shape index (κ2) is 7.32. The Balaban J connectivity index is 1.63. The molecule has 138 valence electrons. The van der Waals surface area contributed by atoms with Crippen molar-refractivity contribution in [3.8, 4) is 0 Å². The number of fused-ring (bicyclic) bond motifs is 1. The molecule has 1 fully saturated rings. The van der Waals surface area contributed by atoms with Crippen LogP contribution in [-0.2, 0) is 10.3 Å². The molecule has 1 aliphatic carbocycles. The minimum atomic E-state index is -0.310. The zero-order chi connectivity index (χ0) is 18.9. The Morgan fingerprint density at radius 3 is 2.48 bits per heavy atom. The van der Waals surface area contributed by atoms with Gasteiger partial charge in [-0.1, -0.05) is 41.9 Å². The molecule has 2 aromatic carbocycles. The highest BCUT2D eigenvalue weighted by molar-refractivity contribution is 6.30. The lowest BCUT2D eigenvalue weighted by molar-refractivity contribution is -0.121. The van der Waals surface area contributed by atoms with Crippen LogP contribution in [0.15, 0.2) is 60.8 Å². The van der Waals surface area contributed by atoms with Gasteiger partial charge < -0.3 is 5.32 Å². The number of carbonyl (C=O) groups is 1. The van der Waals surface area contributed by atoms with Gasteiger partial charge >= 0.3 is 0 Å². The number of hydrogen-bond donors (Lipinski definition) is 1. The van der Waals surface area contributed by atoms with Crippen molar-refractivity contribution in [3.05, 3.63) is 76.9 Å². The molecule has 1 heterocycles. The van der Waals surface area contributed by atoms with Crippen LogP contribution in [0.4, 0.5) is 0 Å². The minimum Gasteiger partial charge on any atom is -0.347 e. The molecule has 0 saturated heterocycles. The lowest BCUT2D eigenvalue weighted by Gasteiger charge is -2.41. The van der Waals surface area contributed by atoms with Crippen LogP contribution in [0.3, 0.4) is 0 Å². The molecular formula is C23H23ClN2O. The van der Waals surface area contributed by atoms with E-state index in [9.17, 15) is 4.79 Å². The SMILES string of the molecule is CC(=O)NC1(c2ccc(Cl)cc2)CCC(c2ccnc3ccccc23)CC1. The van der Waals surface area contributed by atoms with E-state index in [-0.39, 0.29) is 11.4 Å². The van der Waals surface area contributed by atoms with Gasteiger partial charge in [0.1, 0.15) is 0 Å². The zero-order valence-corrected chi connectivity index (χ0v) is 16.2. The number of rotatable bonds is 3. The van der Waals surface area contributed by atoms with E-state index in [1.807, 2.05) is 36.5 Å². The van der Waals surface area contributed by atoms with E-state index < -0.39 is 0 Å². The fraction of sp³-hybridized carbons (Fsp3) is 0.304. The lowest BCUT2D eigenvalue weighted by atomic mass is 9.70. The molecule has 0 aliphatic heterocycles. The number of pyridine rings is 1. The molecule has 1 saturated carbocycles. The molecule has 0 bridgehead atoms. The first-order chi connectivity index (χ1) is 13.1. The first kappa shape index (κ1) is 18.0. The van der Waals surface area contributed by atoms with Crippen LogP contribution >= 0.6 is 11.6 Å². The number of amides is 1. The maximum absolute atomic E-state index is 11.9. The molecule has 1 N–H and O–H groups in total. The molecule has 4 rings (SSSR count). The van der Waals surface area contributed by atoms with Crippen molar-refractivity contribution in [2.24, 2.45) is 0 Å². The Hall–Kier alpha value is -2.39. The third kappa shape index (κ3) is 3.57. The van der Waals surface area contributed by atoms with Crippen molar-refractivity contribution in [1.82, 2.24) is 10.3 Å². The van der Waals surface area contributed by atoms with Crippen LogP contribution in [-0.4, -0.2) is 10.9 Å². The third-order valence-electron chi connectivity index (χ3n) is 5.77. The Kier molecular flexibility index (Phi) is 4.88. The molecule has 1 aliphatic rings. The monoisotopic (exact) mass is 378 g/mol. The number of carbonyl (C=O) groups excluding carboxylic acids is 1. The number of halogens is 1. The Morgan fingerprint density at radius 1 is 1.07 bits per heavy atom. The highest BCUT2D eigenvalue weighted by Crippen LogP contribution is 2.44. The molecule has 1 aromatic heterocycles. The van der Waals surface area contributed by atoms with Crippen molar-refractivity contribution in [2.45, 2.75) is 44.1 Å². The number of nitrogens with one attached hydrogen (secondary N) is 1. The Morgan fingerprint density at radius 2 is 1.78 bits per heavy atom. The predicted octanol–water partition coefficient (Wildman–Crippen LogP) is 5.58. The smallest absolute Gasteiger partial charge is 0.217 e. The van der Waals surface area contributed by atoms with Gasteiger partial charge in [0.05, 0.1) is 11.1 Å². The van der Waals surface area contributed by atoms with Crippen molar-refractivity contribution in [2.75, 3.05) is 0 Å². The predicted molar refractivity (Wildman–Crippen MR) is 110 cm³/mol. The maximum atomic E-state index is 11.9. The molecule has 27 heavy (non-hydrogen) atoms. The van der Waals surface area contributed by atoms with Crippen molar-refractivity contribution >= 4 is 28.4 Å². The standard InChI is InChI=1S/C23H23ClN2O/c1-16(27)26-23(18-6-8-19(24)9-7-18)13-10-17(11-14-23)20-12-15-25-22-5-3-2-4-21(20)22/h2-9,12,15,17H,10-11,13-14H2,1H3,(H,26,27). The highest BCUT2D eigenvalue weighted by Gasteiger charge is 2.38. The summed E-state index contributed by atoms with van der Waals surface area (Å²) in [7, 11) is 0. The van der Waals surface area contributed by atoms with E-state index in [2.05, 4.69) is 34.6 Å². The average Bonchev–Trinajstić information content (AvgIpc) is 2.68. The van der Waals surface area contributed by atoms with Crippen LogP contribution < -0.4 is 5.32 Å². The quantitative estimate of drug-likeness (QED) is 0.646. The van der Waals surface area contributed by atoms with Crippen LogP contribution in [0.2, 0.25) is 5.02 Å². The normalized spacial score (nSPS) is 22.5. The maximum Gasteiger partial charge on any atom is 0.217 e. The Labute approximate surface area is 164 Å². The number of nitrogens with zero attached hydrogens (tertiary/aromatic N) is 1. The van der Waals surface area contributed by atoms with E-state index in [1.165, 1.54) is 10.9 Å². The van der Waals surface area contributed by atoms with E-state index in [0.29, 0.717) is 10.9 Å². The molecule has 4 heteroatoms. The number of benzene rings is 2. The summed E-state index contributed by atoms with van der Waals surface area (Å²) in [5.74, 6) is 0.491. The van der Waals surface area contributed by atoms with Gasteiger partial charge in [0.15, 0.2) is 0 Å². The molecule has 0 atom stereocenters. The summed E-state index contributed by atoms with van der Waals surface area (Å²) in [6.07, 6.45) is 5.78. The number of para-hydroxylation sites is 1. The van der Waals surface area contributed by atoms with E-state index in [0.717, 1.165) is 36.8 Å². The fourth-order valence-electron chi connectivity index (χ4n) is 4.49. The van der Waals surface area contributed by atoms with E-state index >= 15 is 0 Å². The van der Waals surface area contributed by atoms with Gasteiger partial charge in [0.25, 0.3) is 0 Å². The summed E-state index contributed by atoms with van der Waals surface area (Å²) in [4.78, 5) is 16.4. The van der Waals surface area contributed by atoms with Crippen LogP contribution in [0.1, 0.15) is 49.7 Å². The van der Waals surface area contributed by atoms with Crippen molar-refractivity contribution in [3.63, 3.8) is 0 Å².